The zero-order valence-electron chi connectivity index (χ0n) is 19.5. The SMILES string of the molecule is CCc1nc2ccc(C(=O)N3CCCC(C(N)=O)C3)cn2c1N(C)Cc1cc2ccccc2s1. The van der Waals surface area contributed by atoms with Crippen molar-refractivity contribution >= 4 is 44.7 Å². The van der Waals surface area contributed by atoms with E-state index in [-0.39, 0.29) is 17.7 Å². The fourth-order valence-electron chi connectivity index (χ4n) is 4.85. The van der Waals surface area contributed by atoms with E-state index in [4.69, 9.17) is 10.7 Å². The Kier molecular flexibility index (Phi) is 6.00. The molecule has 1 aliphatic heterocycles. The molecular formula is C26H29N5O2S. The number of imidazole rings is 1. The third-order valence-corrected chi connectivity index (χ3v) is 7.69. The Labute approximate surface area is 202 Å². The molecule has 2 N–H and O–H groups in total. The van der Waals surface area contributed by atoms with Gasteiger partial charge in [0.25, 0.3) is 5.91 Å². The Morgan fingerprint density at radius 3 is 2.82 bits per heavy atom. The molecule has 1 atom stereocenters. The molecular weight excluding hydrogens is 446 g/mol. The number of primary amides is 1. The molecule has 1 aliphatic rings. The van der Waals surface area contributed by atoms with Gasteiger partial charge in [-0.3, -0.25) is 14.0 Å². The second-order valence-electron chi connectivity index (χ2n) is 8.98. The van der Waals surface area contributed by atoms with Crippen molar-refractivity contribution in [2.75, 3.05) is 25.0 Å². The van der Waals surface area contributed by atoms with E-state index in [1.807, 2.05) is 22.7 Å². The number of rotatable bonds is 6. The van der Waals surface area contributed by atoms with Gasteiger partial charge >= 0.3 is 0 Å². The van der Waals surface area contributed by atoms with Gasteiger partial charge in [0.05, 0.1) is 23.7 Å². The Morgan fingerprint density at radius 1 is 1.24 bits per heavy atom. The summed E-state index contributed by atoms with van der Waals surface area (Å²) in [5.41, 5.74) is 7.92. The maximum Gasteiger partial charge on any atom is 0.255 e. The minimum Gasteiger partial charge on any atom is -0.369 e. The number of hydrogen-bond donors (Lipinski definition) is 1. The summed E-state index contributed by atoms with van der Waals surface area (Å²) < 4.78 is 3.30. The molecule has 0 radical (unpaired) electrons. The van der Waals surface area contributed by atoms with E-state index < -0.39 is 0 Å². The fraction of sp³-hybridized carbons (Fsp3) is 0.346. The number of pyridine rings is 1. The van der Waals surface area contributed by atoms with Gasteiger partial charge < -0.3 is 15.5 Å². The summed E-state index contributed by atoms with van der Waals surface area (Å²) in [5, 5.41) is 1.26. The minimum absolute atomic E-state index is 0.0716. The summed E-state index contributed by atoms with van der Waals surface area (Å²) in [6, 6.07) is 14.4. The molecule has 176 valence electrons. The Balaban J connectivity index is 1.46. The molecule has 34 heavy (non-hydrogen) atoms. The number of hydrogen-bond acceptors (Lipinski definition) is 5. The number of nitrogens with zero attached hydrogens (tertiary/aromatic N) is 4. The maximum absolute atomic E-state index is 13.3. The molecule has 3 aromatic heterocycles. The summed E-state index contributed by atoms with van der Waals surface area (Å²) in [6.07, 6.45) is 4.21. The molecule has 1 fully saturated rings. The van der Waals surface area contributed by atoms with Gasteiger partial charge in [-0.1, -0.05) is 25.1 Å². The number of likely N-dealkylation sites (tertiary alicyclic amines) is 1. The van der Waals surface area contributed by atoms with E-state index in [9.17, 15) is 9.59 Å². The van der Waals surface area contributed by atoms with Gasteiger partial charge in [-0.15, -0.1) is 11.3 Å². The van der Waals surface area contributed by atoms with E-state index in [1.165, 1.54) is 15.0 Å². The van der Waals surface area contributed by atoms with Crippen molar-refractivity contribution in [3.63, 3.8) is 0 Å². The van der Waals surface area contributed by atoms with Crippen molar-refractivity contribution in [1.82, 2.24) is 14.3 Å². The molecule has 1 unspecified atom stereocenters. The Morgan fingerprint density at radius 2 is 2.06 bits per heavy atom. The number of aryl methyl sites for hydroxylation is 1. The summed E-state index contributed by atoms with van der Waals surface area (Å²) in [5.74, 6) is 0.320. The number of carbonyl (C=O) groups excluding carboxylic acids is 2. The average Bonchev–Trinajstić information content (AvgIpc) is 3.43. The van der Waals surface area contributed by atoms with E-state index in [1.54, 1.807) is 16.2 Å². The summed E-state index contributed by atoms with van der Waals surface area (Å²) in [4.78, 5) is 35.0. The van der Waals surface area contributed by atoms with Crippen molar-refractivity contribution in [1.29, 1.82) is 0 Å². The van der Waals surface area contributed by atoms with E-state index in [0.717, 1.165) is 43.0 Å². The van der Waals surface area contributed by atoms with Crippen LogP contribution in [0.25, 0.3) is 15.7 Å². The van der Waals surface area contributed by atoms with Gasteiger partial charge in [0, 0.05) is 35.9 Å². The molecule has 7 nitrogen and oxygen atoms in total. The zero-order chi connectivity index (χ0) is 23.8. The highest BCUT2D eigenvalue weighted by molar-refractivity contribution is 7.19. The largest absolute Gasteiger partial charge is 0.369 e. The zero-order valence-corrected chi connectivity index (χ0v) is 20.3. The van der Waals surface area contributed by atoms with Gasteiger partial charge in [-0.25, -0.2) is 4.98 Å². The molecule has 0 spiro atoms. The molecule has 8 heteroatoms. The predicted octanol–water partition coefficient (Wildman–Crippen LogP) is 4.09. The van der Waals surface area contributed by atoms with Crippen LogP contribution >= 0.6 is 11.3 Å². The number of amides is 2. The first-order valence-electron chi connectivity index (χ1n) is 11.7. The van der Waals surface area contributed by atoms with Crippen LogP contribution in [0.4, 0.5) is 5.82 Å². The smallest absolute Gasteiger partial charge is 0.255 e. The van der Waals surface area contributed by atoms with E-state index >= 15 is 0 Å². The standard InChI is InChI=1S/C26H29N5O2S/c1-3-21-25(29(2)16-20-13-17-7-4-5-9-22(17)34-20)31-15-19(10-11-23(31)28-21)26(33)30-12-6-8-18(14-30)24(27)32/h4-5,7,9-11,13,15,18H,3,6,8,12,14,16H2,1-2H3,(H2,27,32). The third kappa shape index (κ3) is 4.14. The summed E-state index contributed by atoms with van der Waals surface area (Å²) in [6.45, 7) is 3.88. The van der Waals surface area contributed by atoms with Gasteiger partial charge in [-0.05, 0) is 48.9 Å². The highest BCUT2D eigenvalue weighted by atomic mass is 32.1. The van der Waals surface area contributed by atoms with Gasteiger partial charge in [-0.2, -0.15) is 0 Å². The van der Waals surface area contributed by atoms with Crippen molar-refractivity contribution in [2.45, 2.75) is 32.7 Å². The molecule has 0 bridgehead atoms. The van der Waals surface area contributed by atoms with Crippen LogP contribution in [0, 0.1) is 5.92 Å². The van der Waals surface area contributed by atoms with Crippen molar-refractivity contribution in [2.24, 2.45) is 11.7 Å². The van der Waals surface area contributed by atoms with Crippen LogP contribution in [0.3, 0.4) is 0 Å². The fourth-order valence-corrected chi connectivity index (χ4v) is 5.97. The van der Waals surface area contributed by atoms with E-state index in [2.05, 4.69) is 49.2 Å². The first-order chi connectivity index (χ1) is 16.4. The number of aromatic nitrogens is 2. The number of nitrogens with two attached hydrogens (primary N) is 1. The van der Waals surface area contributed by atoms with Crippen molar-refractivity contribution in [3.8, 4) is 0 Å². The lowest BCUT2D eigenvalue weighted by Gasteiger charge is -2.31. The highest BCUT2D eigenvalue weighted by Gasteiger charge is 2.28. The minimum atomic E-state index is -0.333. The molecule has 0 saturated carbocycles. The molecule has 1 saturated heterocycles. The summed E-state index contributed by atoms with van der Waals surface area (Å²) in [7, 11) is 2.07. The van der Waals surface area contributed by atoms with Gasteiger partial charge in [0.1, 0.15) is 11.5 Å². The van der Waals surface area contributed by atoms with Gasteiger partial charge in [0.2, 0.25) is 5.91 Å². The maximum atomic E-state index is 13.3. The Hall–Kier alpha value is -3.39. The van der Waals surface area contributed by atoms with Crippen LogP contribution in [0.15, 0.2) is 48.7 Å². The number of anilines is 1. The predicted molar refractivity (Wildman–Crippen MR) is 136 cm³/mol. The topological polar surface area (TPSA) is 83.9 Å². The Bertz CT molecular complexity index is 1340. The van der Waals surface area contributed by atoms with Crippen molar-refractivity contribution in [3.05, 3.63) is 64.8 Å². The lowest BCUT2D eigenvalue weighted by molar-refractivity contribution is -0.123. The van der Waals surface area contributed by atoms with E-state index in [0.29, 0.717) is 18.7 Å². The monoisotopic (exact) mass is 475 g/mol. The first-order valence-corrected chi connectivity index (χ1v) is 12.5. The molecule has 2 amide bonds. The second kappa shape index (κ2) is 9.10. The van der Waals surface area contributed by atoms with Crippen LogP contribution < -0.4 is 10.6 Å². The van der Waals surface area contributed by atoms with Gasteiger partial charge in [0.15, 0.2) is 0 Å². The van der Waals surface area contributed by atoms with Crippen LogP contribution in [-0.4, -0.2) is 46.2 Å². The average molecular weight is 476 g/mol. The molecule has 4 heterocycles. The molecule has 0 aliphatic carbocycles. The number of carbonyl (C=O) groups is 2. The molecule has 4 aromatic rings. The van der Waals surface area contributed by atoms with Crippen molar-refractivity contribution < 1.29 is 9.59 Å². The van der Waals surface area contributed by atoms with Crippen LogP contribution in [-0.2, 0) is 17.8 Å². The lowest BCUT2D eigenvalue weighted by Crippen LogP contribution is -2.44. The number of thiophene rings is 1. The number of piperidine rings is 1. The third-order valence-electron chi connectivity index (χ3n) is 6.59. The quantitative estimate of drug-likeness (QED) is 0.455. The highest BCUT2D eigenvalue weighted by Crippen LogP contribution is 2.30. The first kappa shape index (κ1) is 22.4. The molecule has 5 rings (SSSR count). The molecule has 1 aromatic carbocycles. The second-order valence-corrected chi connectivity index (χ2v) is 10.1. The van der Waals surface area contributed by atoms with Crippen LogP contribution in [0.1, 0.15) is 40.7 Å². The number of fused-ring (bicyclic) bond motifs is 2. The normalized spacial score (nSPS) is 16.3. The summed E-state index contributed by atoms with van der Waals surface area (Å²) >= 11 is 1.80. The van der Waals surface area contributed by atoms with Crippen LogP contribution in [0.5, 0.6) is 0 Å². The number of benzene rings is 1. The lowest BCUT2D eigenvalue weighted by atomic mass is 9.97. The van der Waals surface area contributed by atoms with Crippen LogP contribution in [0.2, 0.25) is 0 Å².